The number of aromatic nitrogens is 5. The normalized spacial score (nSPS) is 16.8. The smallest absolute Gasteiger partial charge is 0.280 e. The lowest BCUT2D eigenvalue weighted by Gasteiger charge is -2.31. The van der Waals surface area contributed by atoms with Gasteiger partial charge in [-0.1, -0.05) is 0 Å². The average molecular weight is 338 g/mol. The van der Waals surface area contributed by atoms with Crippen LogP contribution in [0.4, 0.5) is 8.78 Å². The highest BCUT2D eigenvalue weighted by molar-refractivity contribution is 5.00. The van der Waals surface area contributed by atoms with E-state index in [1.54, 1.807) is 17.2 Å². The van der Waals surface area contributed by atoms with Gasteiger partial charge in [-0.2, -0.15) is 15.0 Å². The number of likely N-dealkylation sites (tertiary alicyclic amines) is 1. The van der Waals surface area contributed by atoms with Gasteiger partial charge in [-0.15, -0.1) is 0 Å². The maximum absolute atomic E-state index is 12.5. The summed E-state index contributed by atoms with van der Waals surface area (Å²) in [4.78, 5) is 19.6. The molecule has 0 atom stereocenters. The average Bonchev–Trinajstić information content (AvgIpc) is 3.09. The van der Waals surface area contributed by atoms with Gasteiger partial charge in [0, 0.05) is 19.2 Å². The molecule has 130 valence electrons. The zero-order valence-corrected chi connectivity index (χ0v) is 13.3. The van der Waals surface area contributed by atoms with E-state index in [0.29, 0.717) is 12.5 Å². The van der Waals surface area contributed by atoms with E-state index in [2.05, 4.69) is 20.1 Å². The van der Waals surface area contributed by atoms with E-state index >= 15 is 0 Å². The number of hydrogen-bond acceptors (Lipinski definition) is 5. The van der Waals surface area contributed by atoms with Crippen molar-refractivity contribution >= 4 is 0 Å². The lowest BCUT2D eigenvalue weighted by Crippen LogP contribution is -2.38. The van der Waals surface area contributed by atoms with Crippen molar-refractivity contribution in [2.45, 2.75) is 32.4 Å². The van der Waals surface area contributed by atoms with Crippen molar-refractivity contribution in [3.05, 3.63) is 40.8 Å². The van der Waals surface area contributed by atoms with Gasteiger partial charge in [0.2, 0.25) is 0 Å². The molecule has 0 amide bonds. The largest absolute Gasteiger partial charge is 0.301 e. The van der Waals surface area contributed by atoms with Crippen molar-refractivity contribution in [3.8, 4) is 0 Å². The molecular weight excluding hydrogens is 318 g/mol. The van der Waals surface area contributed by atoms with Crippen LogP contribution < -0.4 is 5.56 Å². The van der Waals surface area contributed by atoms with Crippen molar-refractivity contribution < 1.29 is 8.78 Å². The Morgan fingerprint density at radius 1 is 1.17 bits per heavy atom. The summed E-state index contributed by atoms with van der Waals surface area (Å²) in [6, 6.07) is 0.927. The highest BCUT2D eigenvalue weighted by Gasteiger charge is 2.20. The highest BCUT2D eigenvalue weighted by atomic mass is 19.3. The fourth-order valence-electron chi connectivity index (χ4n) is 2.96. The Morgan fingerprint density at radius 3 is 2.50 bits per heavy atom. The van der Waals surface area contributed by atoms with Gasteiger partial charge in [0.05, 0.1) is 25.3 Å². The van der Waals surface area contributed by atoms with E-state index in [0.717, 1.165) is 45.1 Å². The molecule has 2 aromatic heterocycles. The van der Waals surface area contributed by atoms with Crippen LogP contribution in [-0.2, 0) is 13.1 Å². The molecule has 24 heavy (non-hydrogen) atoms. The summed E-state index contributed by atoms with van der Waals surface area (Å²) >= 11 is 0. The van der Waals surface area contributed by atoms with Crippen LogP contribution in [0, 0.1) is 5.92 Å². The minimum Gasteiger partial charge on any atom is -0.301 e. The van der Waals surface area contributed by atoms with Crippen LogP contribution in [0.3, 0.4) is 0 Å². The van der Waals surface area contributed by atoms with E-state index in [-0.39, 0.29) is 0 Å². The van der Waals surface area contributed by atoms with Gasteiger partial charge in [0.15, 0.2) is 0 Å². The first-order valence-corrected chi connectivity index (χ1v) is 8.03. The first-order chi connectivity index (χ1) is 11.6. The van der Waals surface area contributed by atoms with E-state index in [4.69, 9.17) is 0 Å². The van der Waals surface area contributed by atoms with E-state index < -0.39 is 17.7 Å². The van der Waals surface area contributed by atoms with Crippen LogP contribution in [-0.4, -0.2) is 49.1 Å². The van der Waals surface area contributed by atoms with Gasteiger partial charge < -0.3 is 4.90 Å². The molecule has 0 spiro atoms. The summed E-state index contributed by atoms with van der Waals surface area (Å²) in [6.07, 6.45) is 3.79. The topological polar surface area (TPSA) is 68.8 Å². The summed E-state index contributed by atoms with van der Waals surface area (Å²) in [5.74, 6) is 0.362. The number of rotatable bonds is 6. The molecule has 7 nitrogen and oxygen atoms in total. The maximum atomic E-state index is 12.5. The number of halogens is 2. The number of nitrogens with zero attached hydrogens (tertiary/aromatic N) is 6. The van der Waals surface area contributed by atoms with Crippen molar-refractivity contribution in [2.75, 3.05) is 19.6 Å². The molecule has 1 fully saturated rings. The lowest BCUT2D eigenvalue weighted by molar-refractivity contribution is 0.144. The Bertz CT molecular complexity index is 694. The molecule has 0 saturated carbocycles. The molecular formula is C15H20F2N6O. The summed E-state index contributed by atoms with van der Waals surface area (Å²) in [7, 11) is 0. The van der Waals surface area contributed by atoms with Gasteiger partial charge in [-0.3, -0.25) is 9.36 Å². The molecule has 0 radical (unpaired) electrons. The minimum absolute atomic E-state index is 0.362. The van der Waals surface area contributed by atoms with Crippen LogP contribution in [0.5, 0.6) is 0 Å². The van der Waals surface area contributed by atoms with Gasteiger partial charge in [0.1, 0.15) is 5.69 Å². The molecule has 3 rings (SSSR count). The molecule has 1 saturated heterocycles. The SMILES string of the molecule is O=c1cc(C(F)F)ncn1CC1CCN(CCn2nccn2)CC1. The number of hydrogen-bond donors (Lipinski definition) is 0. The zero-order valence-electron chi connectivity index (χ0n) is 13.3. The molecule has 0 N–H and O–H groups in total. The third-order valence-corrected chi connectivity index (χ3v) is 4.37. The predicted octanol–water partition coefficient (Wildman–Crippen LogP) is 1.18. The van der Waals surface area contributed by atoms with Crippen molar-refractivity contribution in [2.24, 2.45) is 5.92 Å². The molecule has 0 unspecified atom stereocenters. The van der Waals surface area contributed by atoms with Gasteiger partial charge >= 0.3 is 0 Å². The lowest BCUT2D eigenvalue weighted by atomic mass is 9.96. The maximum Gasteiger partial charge on any atom is 0.280 e. The summed E-state index contributed by atoms with van der Waals surface area (Å²) < 4.78 is 26.5. The van der Waals surface area contributed by atoms with Gasteiger partial charge in [-0.05, 0) is 31.8 Å². The van der Waals surface area contributed by atoms with Crippen LogP contribution in [0.25, 0.3) is 0 Å². The second-order valence-electron chi connectivity index (χ2n) is 6.02. The Balaban J connectivity index is 1.47. The fraction of sp³-hybridized carbons (Fsp3) is 0.600. The van der Waals surface area contributed by atoms with E-state index in [1.165, 1.54) is 10.9 Å². The van der Waals surface area contributed by atoms with Crippen LogP contribution >= 0.6 is 0 Å². The van der Waals surface area contributed by atoms with Crippen molar-refractivity contribution in [1.29, 1.82) is 0 Å². The van der Waals surface area contributed by atoms with Crippen LogP contribution in [0.2, 0.25) is 0 Å². The molecule has 0 aromatic carbocycles. The second-order valence-corrected chi connectivity index (χ2v) is 6.02. The summed E-state index contributed by atoms with van der Waals surface area (Å²) in [6.45, 7) is 4.08. The standard InChI is InChI=1S/C15H20F2N6O/c16-15(17)13-9-14(24)22(11-18-13)10-12-1-5-21(6-2-12)7-8-23-19-3-4-20-23/h3-4,9,11-12,15H,1-2,5-8,10H2. The molecule has 1 aliphatic rings. The number of alkyl halides is 2. The number of piperidine rings is 1. The third-order valence-electron chi connectivity index (χ3n) is 4.37. The zero-order chi connectivity index (χ0) is 16.9. The minimum atomic E-state index is -2.71. The van der Waals surface area contributed by atoms with E-state index in [1.807, 2.05) is 0 Å². The van der Waals surface area contributed by atoms with Gasteiger partial charge in [0.25, 0.3) is 12.0 Å². The van der Waals surface area contributed by atoms with Crippen LogP contribution in [0.15, 0.2) is 29.6 Å². The molecule has 2 aromatic rings. The third kappa shape index (κ3) is 4.22. The van der Waals surface area contributed by atoms with Gasteiger partial charge in [-0.25, -0.2) is 13.8 Å². The molecule has 3 heterocycles. The van der Waals surface area contributed by atoms with Crippen molar-refractivity contribution in [3.63, 3.8) is 0 Å². The molecule has 0 bridgehead atoms. The predicted molar refractivity (Wildman–Crippen MR) is 82.6 cm³/mol. The first kappa shape index (κ1) is 16.7. The fourth-order valence-corrected chi connectivity index (χ4v) is 2.96. The highest BCUT2D eigenvalue weighted by Crippen LogP contribution is 2.19. The van der Waals surface area contributed by atoms with E-state index in [9.17, 15) is 13.6 Å². The molecule has 9 heteroatoms. The summed E-state index contributed by atoms with van der Waals surface area (Å²) in [5, 5.41) is 8.16. The Labute approximate surface area is 137 Å². The Morgan fingerprint density at radius 2 is 1.88 bits per heavy atom. The monoisotopic (exact) mass is 338 g/mol. The Kier molecular flexibility index (Phi) is 5.29. The Hall–Kier alpha value is -2.16. The van der Waals surface area contributed by atoms with Crippen molar-refractivity contribution in [1.82, 2.24) is 29.4 Å². The molecule has 0 aliphatic carbocycles. The quantitative estimate of drug-likeness (QED) is 0.791. The molecule has 1 aliphatic heterocycles. The first-order valence-electron chi connectivity index (χ1n) is 8.03. The summed E-state index contributed by atoms with van der Waals surface area (Å²) in [5.41, 5.74) is -0.870. The second kappa shape index (κ2) is 7.61. The van der Waals surface area contributed by atoms with Crippen LogP contribution in [0.1, 0.15) is 25.0 Å².